The summed E-state index contributed by atoms with van der Waals surface area (Å²) in [5, 5.41) is 2.81. The van der Waals surface area contributed by atoms with Crippen molar-refractivity contribution >= 4 is 5.91 Å². The van der Waals surface area contributed by atoms with Crippen molar-refractivity contribution in [3.05, 3.63) is 48.6 Å². The highest BCUT2D eigenvalue weighted by molar-refractivity contribution is 5.77. The number of benzene rings is 1. The first kappa shape index (κ1) is 13.5. The SMILES string of the molecule is C=CCN(CC(=O)NCC)Cc1ccccc1. The van der Waals surface area contributed by atoms with Crippen LogP contribution in [0.2, 0.25) is 0 Å². The normalized spacial score (nSPS) is 10.2. The van der Waals surface area contributed by atoms with E-state index in [0.717, 1.165) is 6.54 Å². The molecule has 0 spiro atoms. The highest BCUT2D eigenvalue weighted by atomic mass is 16.2. The second kappa shape index (κ2) is 7.63. The van der Waals surface area contributed by atoms with Gasteiger partial charge in [0, 0.05) is 19.6 Å². The summed E-state index contributed by atoms with van der Waals surface area (Å²) >= 11 is 0. The minimum absolute atomic E-state index is 0.0604. The molecule has 0 bridgehead atoms. The highest BCUT2D eigenvalue weighted by Crippen LogP contribution is 2.03. The number of amides is 1. The number of likely N-dealkylation sites (N-methyl/N-ethyl adjacent to an activating group) is 1. The summed E-state index contributed by atoms with van der Waals surface area (Å²) < 4.78 is 0. The maximum atomic E-state index is 11.5. The van der Waals surface area contributed by atoms with Crippen molar-refractivity contribution in [1.82, 2.24) is 10.2 Å². The zero-order valence-corrected chi connectivity index (χ0v) is 10.4. The zero-order valence-electron chi connectivity index (χ0n) is 10.4. The quantitative estimate of drug-likeness (QED) is 0.727. The van der Waals surface area contributed by atoms with Gasteiger partial charge in [0.25, 0.3) is 0 Å². The second-order valence-corrected chi connectivity index (χ2v) is 3.90. The van der Waals surface area contributed by atoms with Gasteiger partial charge in [-0.3, -0.25) is 9.69 Å². The van der Waals surface area contributed by atoms with Gasteiger partial charge in [0.05, 0.1) is 6.54 Å². The molecule has 1 aromatic carbocycles. The lowest BCUT2D eigenvalue weighted by Crippen LogP contribution is -2.36. The van der Waals surface area contributed by atoms with E-state index >= 15 is 0 Å². The second-order valence-electron chi connectivity index (χ2n) is 3.90. The number of rotatable bonds is 7. The van der Waals surface area contributed by atoms with Crippen LogP contribution in [0.4, 0.5) is 0 Å². The first-order valence-electron chi connectivity index (χ1n) is 5.90. The summed E-state index contributed by atoms with van der Waals surface area (Å²) in [5.74, 6) is 0.0604. The van der Waals surface area contributed by atoms with Gasteiger partial charge in [0.1, 0.15) is 0 Å². The Balaban J connectivity index is 2.54. The lowest BCUT2D eigenvalue weighted by molar-refractivity contribution is -0.122. The summed E-state index contributed by atoms with van der Waals surface area (Å²) in [7, 11) is 0. The maximum Gasteiger partial charge on any atom is 0.234 e. The monoisotopic (exact) mass is 232 g/mol. The molecule has 0 aliphatic heterocycles. The highest BCUT2D eigenvalue weighted by Gasteiger charge is 2.08. The molecule has 3 nitrogen and oxygen atoms in total. The third-order valence-electron chi connectivity index (χ3n) is 2.38. The Hall–Kier alpha value is -1.61. The summed E-state index contributed by atoms with van der Waals surface area (Å²) in [6.45, 7) is 8.21. The van der Waals surface area contributed by atoms with E-state index < -0.39 is 0 Å². The van der Waals surface area contributed by atoms with Gasteiger partial charge in [-0.05, 0) is 12.5 Å². The predicted octanol–water partition coefficient (Wildman–Crippen LogP) is 1.81. The summed E-state index contributed by atoms with van der Waals surface area (Å²) in [4.78, 5) is 13.6. The van der Waals surface area contributed by atoms with Crippen molar-refractivity contribution in [1.29, 1.82) is 0 Å². The average molecular weight is 232 g/mol. The minimum atomic E-state index is 0.0604. The van der Waals surface area contributed by atoms with Gasteiger partial charge in [-0.2, -0.15) is 0 Å². The van der Waals surface area contributed by atoms with Crippen LogP contribution in [0.3, 0.4) is 0 Å². The van der Waals surface area contributed by atoms with Crippen LogP contribution in [0.1, 0.15) is 12.5 Å². The van der Waals surface area contributed by atoms with Crippen LogP contribution in [0, 0.1) is 0 Å². The van der Waals surface area contributed by atoms with Gasteiger partial charge in [-0.25, -0.2) is 0 Å². The van der Waals surface area contributed by atoms with Crippen molar-refractivity contribution in [2.75, 3.05) is 19.6 Å². The standard InChI is InChI=1S/C14H20N2O/c1-3-10-16(12-14(17)15-4-2)11-13-8-6-5-7-9-13/h3,5-9H,1,4,10-12H2,2H3,(H,15,17). The Bertz CT molecular complexity index is 348. The number of hydrogen-bond acceptors (Lipinski definition) is 2. The molecular weight excluding hydrogens is 212 g/mol. The van der Waals surface area contributed by atoms with E-state index in [0.29, 0.717) is 19.6 Å². The molecule has 0 aromatic heterocycles. The Labute approximate surface area is 103 Å². The van der Waals surface area contributed by atoms with Crippen LogP contribution in [-0.2, 0) is 11.3 Å². The van der Waals surface area contributed by atoms with Crippen LogP contribution < -0.4 is 5.32 Å². The molecular formula is C14H20N2O. The molecule has 0 saturated heterocycles. The topological polar surface area (TPSA) is 32.3 Å². The minimum Gasteiger partial charge on any atom is -0.355 e. The van der Waals surface area contributed by atoms with Gasteiger partial charge < -0.3 is 5.32 Å². The molecule has 0 atom stereocenters. The smallest absolute Gasteiger partial charge is 0.234 e. The van der Waals surface area contributed by atoms with Crippen LogP contribution in [0.15, 0.2) is 43.0 Å². The third kappa shape index (κ3) is 5.31. The molecule has 1 aromatic rings. The number of hydrogen-bond donors (Lipinski definition) is 1. The van der Waals surface area contributed by atoms with Gasteiger partial charge >= 0.3 is 0 Å². The molecule has 3 heteroatoms. The number of nitrogens with zero attached hydrogens (tertiary/aromatic N) is 1. The molecule has 0 radical (unpaired) electrons. The number of nitrogens with one attached hydrogen (secondary N) is 1. The van der Waals surface area contributed by atoms with E-state index in [9.17, 15) is 4.79 Å². The maximum absolute atomic E-state index is 11.5. The molecule has 0 heterocycles. The Kier molecular flexibility index (Phi) is 6.04. The fourth-order valence-corrected chi connectivity index (χ4v) is 1.67. The Morgan fingerprint density at radius 2 is 2.12 bits per heavy atom. The summed E-state index contributed by atoms with van der Waals surface area (Å²) in [6.07, 6.45) is 1.82. The van der Waals surface area contributed by atoms with Crippen molar-refractivity contribution in [2.45, 2.75) is 13.5 Å². The van der Waals surface area contributed by atoms with Crippen LogP contribution >= 0.6 is 0 Å². The summed E-state index contributed by atoms with van der Waals surface area (Å²) in [6, 6.07) is 10.1. The van der Waals surface area contributed by atoms with Crippen molar-refractivity contribution in [3.8, 4) is 0 Å². The van der Waals surface area contributed by atoms with Gasteiger partial charge in [0.15, 0.2) is 0 Å². The average Bonchev–Trinajstić information content (AvgIpc) is 2.31. The van der Waals surface area contributed by atoms with E-state index in [1.807, 2.05) is 31.2 Å². The molecule has 0 saturated carbocycles. The van der Waals surface area contributed by atoms with Gasteiger partial charge in [-0.15, -0.1) is 6.58 Å². The van der Waals surface area contributed by atoms with E-state index in [1.165, 1.54) is 5.56 Å². The molecule has 1 N–H and O–H groups in total. The fraction of sp³-hybridized carbons (Fsp3) is 0.357. The Morgan fingerprint density at radius 1 is 1.41 bits per heavy atom. The molecule has 0 fully saturated rings. The van der Waals surface area contributed by atoms with Crippen LogP contribution in [0.5, 0.6) is 0 Å². The number of carbonyl (C=O) groups is 1. The molecule has 1 rings (SSSR count). The lowest BCUT2D eigenvalue weighted by Gasteiger charge is -2.19. The van der Waals surface area contributed by atoms with Gasteiger partial charge in [-0.1, -0.05) is 36.4 Å². The van der Waals surface area contributed by atoms with E-state index in [1.54, 1.807) is 0 Å². The Morgan fingerprint density at radius 3 is 2.71 bits per heavy atom. The molecule has 17 heavy (non-hydrogen) atoms. The van der Waals surface area contributed by atoms with Gasteiger partial charge in [0.2, 0.25) is 5.91 Å². The number of carbonyl (C=O) groups excluding carboxylic acids is 1. The third-order valence-corrected chi connectivity index (χ3v) is 2.38. The molecule has 0 aliphatic carbocycles. The molecule has 92 valence electrons. The fourth-order valence-electron chi connectivity index (χ4n) is 1.67. The van der Waals surface area contributed by atoms with Crippen molar-refractivity contribution < 1.29 is 4.79 Å². The molecule has 0 unspecified atom stereocenters. The first-order valence-corrected chi connectivity index (χ1v) is 5.90. The van der Waals surface area contributed by atoms with Crippen molar-refractivity contribution in [2.24, 2.45) is 0 Å². The molecule has 1 amide bonds. The predicted molar refractivity (Wildman–Crippen MR) is 70.6 cm³/mol. The van der Waals surface area contributed by atoms with Crippen molar-refractivity contribution in [3.63, 3.8) is 0 Å². The lowest BCUT2D eigenvalue weighted by atomic mass is 10.2. The van der Waals surface area contributed by atoms with E-state index in [-0.39, 0.29) is 5.91 Å². The van der Waals surface area contributed by atoms with Crippen LogP contribution in [-0.4, -0.2) is 30.4 Å². The first-order chi connectivity index (χ1) is 8.26. The molecule has 0 aliphatic rings. The largest absolute Gasteiger partial charge is 0.355 e. The summed E-state index contributed by atoms with van der Waals surface area (Å²) in [5.41, 5.74) is 1.21. The van der Waals surface area contributed by atoms with Crippen LogP contribution in [0.25, 0.3) is 0 Å². The zero-order chi connectivity index (χ0) is 12.5. The van der Waals surface area contributed by atoms with E-state index in [2.05, 4.69) is 28.9 Å². The van der Waals surface area contributed by atoms with E-state index in [4.69, 9.17) is 0 Å².